The van der Waals surface area contributed by atoms with E-state index in [1.807, 2.05) is 17.0 Å². The Morgan fingerprint density at radius 2 is 2.25 bits per heavy atom. The van der Waals surface area contributed by atoms with Crippen molar-refractivity contribution in [2.75, 3.05) is 32.0 Å². The molecule has 6 heteroatoms. The summed E-state index contributed by atoms with van der Waals surface area (Å²) in [6.07, 6.45) is 0.135. The minimum atomic E-state index is -0.624. The van der Waals surface area contributed by atoms with E-state index in [4.69, 9.17) is 16.2 Å². The van der Waals surface area contributed by atoms with E-state index in [0.29, 0.717) is 24.5 Å². The van der Waals surface area contributed by atoms with Gasteiger partial charge in [-0.05, 0) is 25.1 Å². The van der Waals surface area contributed by atoms with Crippen LogP contribution in [-0.2, 0) is 4.79 Å². The molecule has 0 spiro atoms. The molecule has 1 aromatic carbocycles. The molecule has 1 fully saturated rings. The van der Waals surface area contributed by atoms with Crippen LogP contribution in [0.3, 0.4) is 0 Å². The molecule has 5 N–H and O–H groups in total. The van der Waals surface area contributed by atoms with E-state index in [9.17, 15) is 9.90 Å². The molecule has 2 rings (SSSR count). The lowest BCUT2D eigenvalue weighted by Crippen LogP contribution is -2.35. The third kappa shape index (κ3) is 3.85. The van der Waals surface area contributed by atoms with Crippen molar-refractivity contribution in [3.8, 4) is 5.75 Å². The standard InChI is InChI=1S/C14H21N3O3/c15-12-3-1-2-4-13(12)20-9-11(18)8-17-6-5-10(7-17)14(16)19/h1-4,10-11,18H,5-9,15H2,(H2,16,19). The zero-order valence-corrected chi connectivity index (χ0v) is 11.4. The van der Waals surface area contributed by atoms with Crippen molar-refractivity contribution in [1.82, 2.24) is 4.90 Å². The van der Waals surface area contributed by atoms with Crippen molar-refractivity contribution in [2.45, 2.75) is 12.5 Å². The molecular weight excluding hydrogens is 258 g/mol. The summed E-state index contributed by atoms with van der Waals surface area (Å²) in [5.74, 6) is 0.200. The van der Waals surface area contributed by atoms with Crippen LogP contribution in [0.2, 0.25) is 0 Å². The fraction of sp³-hybridized carbons (Fsp3) is 0.500. The van der Waals surface area contributed by atoms with Crippen molar-refractivity contribution in [3.63, 3.8) is 0 Å². The van der Waals surface area contributed by atoms with Gasteiger partial charge in [-0.2, -0.15) is 0 Å². The van der Waals surface area contributed by atoms with Crippen LogP contribution in [0.1, 0.15) is 6.42 Å². The first-order chi connectivity index (χ1) is 9.56. The van der Waals surface area contributed by atoms with Crippen molar-refractivity contribution >= 4 is 11.6 Å². The quantitative estimate of drug-likeness (QED) is 0.627. The number of para-hydroxylation sites is 2. The lowest BCUT2D eigenvalue weighted by Gasteiger charge is -2.20. The number of rotatable bonds is 6. The van der Waals surface area contributed by atoms with Crippen molar-refractivity contribution in [2.24, 2.45) is 11.7 Å². The molecule has 0 saturated carbocycles. The molecule has 1 aromatic rings. The number of benzene rings is 1. The summed E-state index contributed by atoms with van der Waals surface area (Å²) >= 11 is 0. The summed E-state index contributed by atoms with van der Waals surface area (Å²) in [5, 5.41) is 9.96. The van der Waals surface area contributed by atoms with E-state index in [1.54, 1.807) is 12.1 Å². The zero-order chi connectivity index (χ0) is 14.5. The van der Waals surface area contributed by atoms with E-state index >= 15 is 0 Å². The van der Waals surface area contributed by atoms with Gasteiger partial charge in [-0.3, -0.25) is 9.69 Å². The number of β-amino-alcohol motifs (C(OH)–C–C–N with tert-alkyl or cyclic N) is 1. The molecule has 1 heterocycles. The Bertz CT molecular complexity index is 467. The van der Waals surface area contributed by atoms with Gasteiger partial charge < -0.3 is 21.3 Å². The van der Waals surface area contributed by atoms with Gasteiger partial charge in [0.1, 0.15) is 18.5 Å². The third-order valence-electron chi connectivity index (χ3n) is 3.49. The van der Waals surface area contributed by atoms with Crippen LogP contribution >= 0.6 is 0 Å². The Kier molecular flexibility index (Phi) is 4.81. The number of ether oxygens (including phenoxy) is 1. The number of carbonyl (C=O) groups excluding carboxylic acids is 1. The third-order valence-corrected chi connectivity index (χ3v) is 3.49. The molecule has 0 aromatic heterocycles. The lowest BCUT2D eigenvalue weighted by molar-refractivity contribution is -0.121. The Hall–Kier alpha value is -1.79. The molecule has 20 heavy (non-hydrogen) atoms. The second-order valence-electron chi connectivity index (χ2n) is 5.15. The summed E-state index contributed by atoms with van der Waals surface area (Å²) in [7, 11) is 0. The molecule has 1 aliphatic heterocycles. The first-order valence-electron chi connectivity index (χ1n) is 6.73. The predicted octanol–water partition coefficient (Wildman–Crippen LogP) is -0.184. The lowest BCUT2D eigenvalue weighted by atomic mass is 10.1. The van der Waals surface area contributed by atoms with E-state index in [0.717, 1.165) is 13.0 Å². The van der Waals surface area contributed by atoms with E-state index in [2.05, 4.69) is 0 Å². The van der Waals surface area contributed by atoms with E-state index in [1.165, 1.54) is 0 Å². The summed E-state index contributed by atoms with van der Waals surface area (Å²) in [5.41, 5.74) is 11.6. The molecule has 1 saturated heterocycles. The number of hydrogen-bond donors (Lipinski definition) is 3. The largest absolute Gasteiger partial charge is 0.489 e. The highest BCUT2D eigenvalue weighted by molar-refractivity contribution is 5.77. The monoisotopic (exact) mass is 279 g/mol. The first kappa shape index (κ1) is 14.6. The van der Waals surface area contributed by atoms with Gasteiger partial charge in [-0.15, -0.1) is 0 Å². The fourth-order valence-corrected chi connectivity index (χ4v) is 2.38. The second kappa shape index (κ2) is 6.58. The summed E-state index contributed by atoms with van der Waals surface area (Å²) < 4.78 is 5.49. The number of hydrogen-bond acceptors (Lipinski definition) is 5. The predicted molar refractivity (Wildman–Crippen MR) is 76.1 cm³/mol. The number of aliphatic hydroxyl groups is 1. The number of aliphatic hydroxyl groups excluding tert-OH is 1. The SMILES string of the molecule is NC(=O)C1CCN(CC(O)COc2ccccc2N)C1. The highest BCUT2D eigenvalue weighted by Gasteiger charge is 2.27. The number of nitrogen functional groups attached to an aromatic ring is 1. The van der Waals surface area contributed by atoms with Crippen LogP contribution in [0.5, 0.6) is 5.75 Å². The molecule has 6 nitrogen and oxygen atoms in total. The number of anilines is 1. The van der Waals surface area contributed by atoms with Crippen LogP contribution in [0.25, 0.3) is 0 Å². The summed E-state index contributed by atoms with van der Waals surface area (Å²) in [6, 6.07) is 7.17. The second-order valence-corrected chi connectivity index (χ2v) is 5.15. The smallest absolute Gasteiger partial charge is 0.221 e. The molecule has 2 atom stereocenters. The Morgan fingerprint density at radius 3 is 2.90 bits per heavy atom. The van der Waals surface area contributed by atoms with Gasteiger partial charge >= 0.3 is 0 Å². The van der Waals surface area contributed by atoms with Gasteiger partial charge in [0, 0.05) is 13.1 Å². The zero-order valence-electron chi connectivity index (χ0n) is 11.4. The maximum Gasteiger partial charge on any atom is 0.221 e. The van der Waals surface area contributed by atoms with Crippen LogP contribution < -0.4 is 16.2 Å². The molecule has 1 aliphatic rings. The minimum Gasteiger partial charge on any atom is -0.489 e. The van der Waals surface area contributed by atoms with E-state index < -0.39 is 6.10 Å². The van der Waals surface area contributed by atoms with Gasteiger partial charge in [-0.25, -0.2) is 0 Å². The van der Waals surface area contributed by atoms with Gasteiger partial charge in [-0.1, -0.05) is 12.1 Å². The molecule has 1 amide bonds. The maximum absolute atomic E-state index is 11.1. The Morgan fingerprint density at radius 1 is 1.50 bits per heavy atom. The van der Waals surface area contributed by atoms with Crippen molar-refractivity contribution in [3.05, 3.63) is 24.3 Å². The fourth-order valence-electron chi connectivity index (χ4n) is 2.38. The number of amides is 1. The van der Waals surface area contributed by atoms with Gasteiger partial charge in [0.15, 0.2) is 0 Å². The van der Waals surface area contributed by atoms with Gasteiger partial charge in [0.2, 0.25) is 5.91 Å². The maximum atomic E-state index is 11.1. The Labute approximate surface area is 118 Å². The van der Waals surface area contributed by atoms with E-state index in [-0.39, 0.29) is 18.4 Å². The van der Waals surface area contributed by atoms with Crippen LogP contribution in [0.15, 0.2) is 24.3 Å². The number of primary amides is 1. The average Bonchev–Trinajstić information content (AvgIpc) is 2.86. The minimum absolute atomic E-state index is 0.104. The average molecular weight is 279 g/mol. The van der Waals surface area contributed by atoms with Crippen molar-refractivity contribution in [1.29, 1.82) is 0 Å². The summed E-state index contributed by atoms with van der Waals surface area (Å²) in [6.45, 7) is 2.03. The highest BCUT2D eigenvalue weighted by Crippen LogP contribution is 2.20. The number of likely N-dealkylation sites (tertiary alicyclic amines) is 1. The number of carbonyl (C=O) groups is 1. The number of nitrogens with two attached hydrogens (primary N) is 2. The topological polar surface area (TPSA) is 102 Å². The summed E-state index contributed by atoms with van der Waals surface area (Å²) in [4.78, 5) is 13.1. The normalized spacial score (nSPS) is 20.8. The number of nitrogens with zero attached hydrogens (tertiary/aromatic N) is 1. The highest BCUT2D eigenvalue weighted by atomic mass is 16.5. The Balaban J connectivity index is 1.75. The van der Waals surface area contributed by atoms with Crippen LogP contribution in [0, 0.1) is 5.92 Å². The molecule has 110 valence electrons. The van der Waals surface area contributed by atoms with Gasteiger partial charge in [0.25, 0.3) is 0 Å². The molecule has 0 aliphatic carbocycles. The molecule has 0 bridgehead atoms. The van der Waals surface area contributed by atoms with Crippen molar-refractivity contribution < 1.29 is 14.6 Å². The van der Waals surface area contributed by atoms with Gasteiger partial charge in [0.05, 0.1) is 11.6 Å². The first-order valence-corrected chi connectivity index (χ1v) is 6.73. The van der Waals surface area contributed by atoms with Crippen LogP contribution in [0.4, 0.5) is 5.69 Å². The molecule has 2 unspecified atom stereocenters. The molecular formula is C14H21N3O3. The molecule has 0 radical (unpaired) electrons. The van der Waals surface area contributed by atoms with Crippen LogP contribution in [-0.4, -0.2) is 48.3 Å².